The van der Waals surface area contributed by atoms with E-state index in [4.69, 9.17) is 9.47 Å². The van der Waals surface area contributed by atoms with Crippen LogP contribution in [0, 0.1) is 28.7 Å². The van der Waals surface area contributed by atoms with Crippen LogP contribution in [0.5, 0.6) is 11.5 Å². The summed E-state index contributed by atoms with van der Waals surface area (Å²) in [7, 11) is 0. The van der Waals surface area contributed by atoms with E-state index in [-0.39, 0.29) is 18.1 Å². The minimum absolute atomic E-state index is 0.0509. The van der Waals surface area contributed by atoms with Gasteiger partial charge in [-0.3, -0.25) is 9.59 Å². The molecule has 7 nitrogen and oxygen atoms in total. The van der Waals surface area contributed by atoms with Gasteiger partial charge in [-0.1, -0.05) is 30.3 Å². The van der Waals surface area contributed by atoms with E-state index in [1.807, 2.05) is 57.2 Å². The molecule has 0 unspecified atom stereocenters. The summed E-state index contributed by atoms with van der Waals surface area (Å²) in [6.07, 6.45) is 1.50. The first-order valence-electron chi connectivity index (χ1n) is 11.3. The molecule has 0 aliphatic heterocycles. The Morgan fingerprint density at radius 3 is 2.47 bits per heavy atom. The van der Waals surface area contributed by atoms with Crippen molar-refractivity contribution in [3.8, 4) is 17.6 Å². The minimum atomic E-state index is -0.503. The number of carbonyl (C=O) groups is 2. The molecule has 0 atom stereocenters. The third-order valence-corrected chi connectivity index (χ3v) is 6.07. The highest BCUT2D eigenvalue weighted by molar-refractivity contribution is 14.1. The first-order chi connectivity index (χ1) is 17.3. The molecule has 3 aromatic carbocycles. The topological polar surface area (TPSA) is 100 Å². The predicted octanol–water partition coefficient (Wildman–Crippen LogP) is 5.87. The number of hydrogen-bond acceptors (Lipinski definition) is 5. The normalized spacial score (nSPS) is 10.8. The van der Waals surface area contributed by atoms with E-state index in [0.29, 0.717) is 38.6 Å². The third-order valence-electron chi connectivity index (χ3n) is 5.27. The van der Waals surface area contributed by atoms with Crippen molar-refractivity contribution in [3.05, 3.63) is 86.5 Å². The van der Waals surface area contributed by atoms with Gasteiger partial charge >= 0.3 is 0 Å². The van der Waals surface area contributed by atoms with Crippen molar-refractivity contribution in [2.24, 2.45) is 0 Å². The number of halogens is 1. The van der Waals surface area contributed by atoms with Gasteiger partial charge in [0.2, 0.25) is 0 Å². The van der Waals surface area contributed by atoms with E-state index >= 15 is 0 Å². The lowest BCUT2D eigenvalue weighted by molar-refractivity contribution is -0.118. The van der Waals surface area contributed by atoms with Gasteiger partial charge in [-0.2, -0.15) is 5.26 Å². The molecule has 36 heavy (non-hydrogen) atoms. The number of para-hydroxylation sites is 1. The van der Waals surface area contributed by atoms with Gasteiger partial charge in [0.25, 0.3) is 11.8 Å². The Bertz CT molecular complexity index is 1330. The van der Waals surface area contributed by atoms with Crippen LogP contribution in [-0.2, 0) is 9.59 Å². The molecule has 0 aromatic heterocycles. The number of nitriles is 1. The van der Waals surface area contributed by atoms with E-state index < -0.39 is 5.91 Å². The molecule has 0 saturated heterocycles. The summed E-state index contributed by atoms with van der Waals surface area (Å²) in [5.41, 5.74) is 3.85. The second-order valence-electron chi connectivity index (χ2n) is 7.84. The smallest absolute Gasteiger partial charge is 0.266 e. The molecule has 0 spiro atoms. The van der Waals surface area contributed by atoms with Crippen LogP contribution < -0.4 is 20.1 Å². The molecule has 0 bridgehead atoms. The molecule has 0 aliphatic rings. The zero-order valence-corrected chi connectivity index (χ0v) is 22.4. The first kappa shape index (κ1) is 26.8. The fourth-order valence-corrected chi connectivity index (χ4v) is 4.10. The van der Waals surface area contributed by atoms with E-state index in [1.165, 1.54) is 6.08 Å². The highest BCUT2D eigenvalue weighted by atomic mass is 127. The first-order valence-corrected chi connectivity index (χ1v) is 12.3. The molecule has 0 heterocycles. The lowest BCUT2D eigenvalue weighted by atomic mass is 10.1. The number of nitrogens with one attached hydrogen (secondary N) is 2. The molecule has 184 valence electrons. The molecule has 8 heteroatoms. The van der Waals surface area contributed by atoms with Gasteiger partial charge in [0.15, 0.2) is 18.1 Å². The Balaban J connectivity index is 1.79. The van der Waals surface area contributed by atoms with Crippen LogP contribution in [0.1, 0.15) is 23.6 Å². The van der Waals surface area contributed by atoms with Crippen LogP contribution in [0.3, 0.4) is 0 Å². The van der Waals surface area contributed by atoms with Crippen molar-refractivity contribution in [1.82, 2.24) is 0 Å². The van der Waals surface area contributed by atoms with Gasteiger partial charge in [-0.25, -0.2) is 0 Å². The van der Waals surface area contributed by atoms with Crippen LogP contribution >= 0.6 is 22.6 Å². The lowest BCUT2D eigenvalue weighted by Gasteiger charge is -2.15. The average Bonchev–Trinajstić information content (AvgIpc) is 2.85. The van der Waals surface area contributed by atoms with Crippen LogP contribution in [-0.4, -0.2) is 25.0 Å². The maximum atomic E-state index is 12.8. The Kier molecular flexibility index (Phi) is 9.47. The zero-order chi connectivity index (χ0) is 26.1. The summed E-state index contributed by atoms with van der Waals surface area (Å²) in [4.78, 5) is 25.1. The molecule has 0 radical (unpaired) electrons. The quantitative estimate of drug-likeness (QED) is 0.183. The van der Waals surface area contributed by atoms with E-state index in [9.17, 15) is 14.9 Å². The summed E-state index contributed by atoms with van der Waals surface area (Å²) in [6, 6.07) is 20.1. The molecule has 0 saturated carbocycles. The van der Waals surface area contributed by atoms with Crippen LogP contribution in [0.15, 0.2) is 66.2 Å². The van der Waals surface area contributed by atoms with Crippen LogP contribution in [0.4, 0.5) is 11.4 Å². The third kappa shape index (κ3) is 7.09. The fourth-order valence-electron chi connectivity index (χ4n) is 3.32. The molecule has 2 amide bonds. The van der Waals surface area contributed by atoms with Crippen molar-refractivity contribution in [2.75, 3.05) is 23.8 Å². The maximum absolute atomic E-state index is 12.8. The predicted molar refractivity (Wildman–Crippen MR) is 149 cm³/mol. The Labute approximate surface area is 224 Å². The van der Waals surface area contributed by atoms with Gasteiger partial charge in [0.05, 0.1) is 10.2 Å². The van der Waals surface area contributed by atoms with Gasteiger partial charge in [-0.05, 0) is 96.5 Å². The van der Waals surface area contributed by atoms with Gasteiger partial charge < -0.3 is 20.1 Å². The Morgan fingerprint density at radius 1 is 1.03 bits per heavy atom. The van der Waals surface area contributed by atoms with Crippen molar-refractivity contribution in [3.63, 3.8) is 0 Å². The Morgan fingerprint density at radius 2 is 1.78 bits per heavy atom. The number of ether oxygens (including phenoxy) is 2. The number of benzene rings is 3. The minimum Gasteiger partial charge on any atom is -0.490 e. The summed E-state index contributed by atoms with van der Waals surface area (Å²) >= 11 is 2.08. The summed E-state index contributed by atoms with van der Waals surface area (Å²) in [5.74, 6) is 0.0157. The zero-order valence-electron chi connectivity index (χ0n) is 20.2. The van der Waals surface area contributed by atoms with E-state index in [1.54, 1.807) is 30.3 Å². The van der Waals surface area contributed by atoms with Crippen LogP contribution in [0.25, 0.3) is 6.08 Å². The summed E-state index contributed by atoms with van der Waals surface area (Å²) in [5, 5.41) is 15.2. The van der Waals surface area contributed by atoms with Crippen LogP contribution in [0.2, 0.25) is 0 Å². The molecule has 3 aromatic rings. The SMILES string of the molecule is CCOc1cc(/C=C(\C#N)C(=O)Nc2cccc(C)c2C)cc(I)c1OCC(=O)Nc1ccccc1. The average molecular weight is 595 g/mol. The fraction of sp³-hybridized carbons (Fsp3) is 0.179. The largest absolute Gasteiger partial charge is 0.490 e. The number of amides is 2. The highest BCUT2D eigenvalue weighted by Gasteiger charge is 2.16. The lowest BCUT2D eigenvalue weighted by Crippen LogP contribution is -2.20. The standard InChI is InChI=1S/C28H26IN3O4/c1-4-35-25-15-20(13-21(16-30)28(34)32-24-12-8-9-18(2)19(24)3)14-23(29)27(25)36-17-26(33)31-22-10-6-5-7-11-22/h5-15H,4,17H2,1-3H3,(H,31,33)(H,32,34)/b21-13+. The van der Waals surface area contributed by atoms with E-state index in [2.05, 4.69) is 33.2 Å². The number of hydrogen-bond donors (Lipinski definition) is 2. The van der Waals surface area contributed by atoms with Crippen molar-refractivity contribution < 1.29 is 19.1 Å². The molecule has 0 fully saturated rings. The summed E-state index contributed by atoms with van der Waals surface area (Å²) in [6.45, 7) is 5.87. The van der Waals surface area contributed by atoms with Gasteiger partial charge in [0.1, 0.15) is 11.6 Å². The molecule has 0 aliphatic carbocycles. The van der Waals surface area contributed by atoms with Crippen molar-refractivity contribution in [2.45, 2.75) is 20.8 Å². The summed E-state index contributed by atoms with van der Waals surface area (Å²) < 4.78 is 12.2. The number of rotatable bonds is 9. The van der Waals surface area contributed by atoms with Gasteiger partial charge in [0, 0.05) is 11.4 Å². The second kappa shape index (κ2) is 12.7. The number of aryl methyl sites for hydroxylation is 1. The highest BCUT2D eigenvalue weighted by Crippen LogP contribution is 2.35. The Hall–Kier alpha value is -3.84. The molecular weight excluding hydrogens is 569 g/mol. The second-order valence-corrected chi connectivity index (χ2v) is 9.00. The number of anilines is 2. The number of nitrogens with zero attached hydrogens (tertiary/aromatic N) is 1. The molecule has 3 rings (SSSR count). The monoisotopic (exact) mass is 595 g/mol. The van der Waals surface area contributed by atoms with Crippen molar-refractivity contribution in [1.29, 1.82) is 5.26 Å². The molecular formula is C28H26IN3O4. The van der Waals surface area contributed by atoms with Gasteiger partial charge in [-0.15, -0.1) is 0 Å². The molecule has 2 N–H and O–H groups in total. The maximum Gasteiger partial charge on any atom is 0.266 e. The van der Waals surface area contributed by atoms with E-state index in [0.717, 1.165) is 11.1 Å². The number of carbonyl (C=O) groups excluding carboxylic acids is 2. The van der Waals surface area contributed by atoms with Crippen molar-refractivity contribution >= 4 is 51.9 Å².